The number of likely N-dealkylation sites (N-methyl/N-ethyl adjacent to an activating group) is 1. The highest BCUT2D eigenvalue weighted by molar-refractivity contribution is 5.75. The predicted octanol–water partition coefficient (Wildman–Crippen LogP) is 1.03. The Balaban J connectivity index is 2.70. The van der Waals surface area contributed by atoms with Gasteiger partial charge in [-0.1, -0.05) is 6.92 Å². The minimum Gasteiger partial charge on any atom is -0.468 e. The molecule has 0 radical (unpaired) electrons. The number of ether oxygens (including phenoxy) is 2. The summed E-state index contributed by atoms with van der Waals surface area (Å²) in [5.74, 6) is -0.205. The Hall–Kier alpha value is -0.650. The summed E-state index contributed by atoms with van der Waals surface area (Å²) < 4.78 is 10.9. The first-order valence-electron chi connectivity index (χ1n) is 6.93. The number of carbonyl (C=O) groups excluding carboxylic acids is 1. The molecule has 5 nitrogen and oxygen atoms in total. The molecular weight excluding hydrogens is 244 g/mol. The molecule has 1 rings (SSSR count). The van der Waals surface area contributed by atoms with E-state index in [4.69, 9.17) is 9.47 Å². The van der Waals surface area contributed by atoms with E-state index in [1.54, 1.807) is 0 Å². The summed E-state index contributed by atoms with van der Waals surface area (Å²) in [6.07, 6.45) is 0. The standard InChI is InChI=1S/C14H28N2O3/c1-7-15-11(12(17)18-6)8-16-9-13(2,3)19-14(4,5)10-16/h11,15H,7-10H2,1-6H3. The van der Waals surface area contributed by atoms with Crippen LogP contribution in [0.15, 0.2) is 0 Å². The van der Waals surface area contributed by atoms with E-state index in [0.717, 1.165) is 19.6 Å². The first-order chi connectivity index (χ1) is 8.69. The Morgan fingerprint density at radius 2 is 1.84 bits per heavy atom. The van der Waals surface area contributed by atoms with E-state index in [1.165, 1.54) is 7.11 Å². The average molecular weight is 272 g/mol. The third-order valence-corrected chi connectivity index (χ3v) is 3.14. The SMILES string of the molecule is CCNC(CN1CC(C)(C)OC(C)(C)C1)C(=O)OC. The summed E-state index contributed by atoms with van der Waals surface area (Å²) in [6.45, 7) is 13.4. The highest BCUT2D eigenvalue weighted by atomic mass is 16.5. The fourth-order valence-corrected chi connectivity index (χ4v) is 2.94. The monoisotopic (exact) mass is 272 g/mol. The Morgan fingerprint density at radius 1 is 1.32 bits per heavy atom. The fraction of sp³-hybridized carbons (Fsp3) is 0.929. The third-order valence-electron chi connectivity index (χ3n) is 3.14. The van der Waals surface area contributed by atoms with E-state index in [9.17, 15) is 4.79 Å². The van der Waals surface area contributed by atoms with Gasteiger partial charge in [-0.05, 0) is 34.2 Å². The molecule has 1 saturated heterocycles. The van der Waals surface area contributed by atoms with E-state index in [-0.39, 0.29) is 23.2 Å². The lowest BCUT2D eigenvalue weighted by molar-refractivity contribution is -0.182. The van der Waals surface area contributed by atoms with Gasteiger partial charge in [0.2, 0.25) is 0 Å². The summed E-state index contributed by atoms with van der Waals surface area (Å²) in [6, 6.07) is -0.278. The first kappa shape index (κ1) is 16.4. The molecule has 0 aromatic heterocycles. The zero-order valence-corrected chi connectivity index (χ0v) is 13.1. The molecule has 0 aliphatic carbocycles. The summed E-state index contributed by atoms with van der Waals surface area (Å²) in [5.41, 5.74) is -0.400. The summed E-state index contributed by atoms with van der Waals surface area (Å²) in [5, 5.41) is 3.18. The van der Waals surface area contributed by atoms with Gasteiger partial charge in [-0.2, -0.15) is 0 Å². The van der Waals surface area contributed by atoms with E-state index in [1.807, 2.05) is 6.92 Å². The molecule has 1 unspecified atom stereocenters. The molecule has 1 aliphatic heterocycles. The molecule has 5 heteroatoms. The number of methoxy groups -OCH3 is 1. The van der Waals surface area contributed by atoms with Crippen LogP contribution in [-0.2, 0) is 14.3 Å². The van der Waals surface area contributed by atoms with Crippen LogP contribution in [0.5, 0.6) is 0 Å². The maximum absolute atomic E-state index is 11.8. The van der Waals surface area contributed by atoms with Crippen molar-refractivity contribution in [1.29, 1.82) is 0 Å². The second-order valence-electron chi connectivity index (χ2n) is 6.42. The molecule has 112 valence electrons. The van der Waals surface area contributed by atoms with Crippen molar-refractivity contribution in [1.82, 2.24) is 10.2 Å². The van der Waals surface area contributed by atoms with Gasteiger partial charge < -0.3 is 14.8 Å². The van der Waals surface area contributed by atoms with Crippen LogP contribution in [0.1, 0.15) is 34.6 Å². The summed E-state index contributed by atoms with van der Waals surface area (Å²) >= 11 is 0. The highest BCUT2D eigenvalue weighted by Gasteiger charge is 2.39. The maximum atomic E-state index is 11.8. The van der Waals surface area contributed by atoms with Gasteiger partial charge in [0.25, 0.3) is 0 Å². The van der Waals surface area contributed by atoms with Crippen LogP contribution in [0, 0.1) is 0 Å². The molecule has 0 saturated carbocycles. The second kappa shape index (κ2) is 6.20. The van der Waals surface area contributed by atoms with Crippen LogP contribution < -0.4 is 5.32 Å². The summed E-state index contributed by atoms with van der Waals surface area (Å²) in [7, 11) is 1.43. The first-order valence-corrected chi connectivity index (χ1v) is 6.93. The molecule has 1 fully saturated rings. The zero-order valence-electron chi connectivity index (χ0n) is 13.1. The smallest absolute Gasteiger partial charge is 0.324 e. The zero-order chi connectivity index (χ0) is 14.7. The molecule has 1 N–H and O–H groups in total. The predicted molar refractivity (Wildman–Crippen MR) is 75.2 cm³/mol. The van der Waals surface area contributed by atoms with E-state index in [0.29, 0.717) is 6.54 Å². The molecule has 19 heavy (non-hydrogen) atoms. The van der Waals surface area contributed by atoms with E-state index in [2.05, 4.69) is 37.9 Å². The molecule has 0 aromatic carbocycles. The molecule has 1 heterocycles. The van der Waals surface area contributed by atoms with Gasteiger partial charge in [-0.3, -0.25) is 9.69 Å². The lowest BCUT2D eigenvalue weighted by atomic mass is 9.98. The van der Waals surface area contributed by atoms with Gasteiger partial charge in [0.05, 0.1) is 18.3 Å². The van der Waals surface area contributed by atoms with Gasteiger partial charge in [-0.25, -0.2) is 0 Å². The quantitative estimate of drug-likeness (QED) is 0.758. The highest BCUT2D eigenvalue weighted by Crippen LogP contribution is 2.27. The minimum atomic E-state index is -0.278. The second-order valence-corrected chi connectivity index (χ2v) is 6.42. The molecule has 0 amide bonds. The number of esters is 1. The topological polar surface area (TPSA) is 50.8 Å². The van der Waals surface area contributed by atoms with Crippen LogP contribution in [-0.4, -0.2) is 61.4 Å². The maximum Gasteiger partial charge on any atom is 0.324 e. The van der Waals surface area contributed by atoms with Crippen molar-refractivity contribution in [2.75, 3.05) is 33.3 Å². The third kappa shape index (κ3) is 5.09. The van der Waals surface area contributed by atoms with Crippen molar-refractivity contribution in [3.05, 3.63) is 0 Å². The summed E-state index contributed by atoms with van der Waals surface area (Å²) in [4.78, 5) is 14.0. The average Bonchev–Trinajstić information content (AvgIpc) is 2.23. The lowest BCUT2D eigenvalue weighted by Crippen LogP contribution is -2.60. The largest absolute Gasteiger partial charge is 0.468 e. The molecule has 0 aromatic rings. The van der Waals surface area contributed by atoms with Gasteiger partial charge in [0.1, 0.15) is 6.04 Å². The molecule has 0 bridgehead atoms. The van der Waals surface area contributed by atoms with Crippen molar-refractivity contribution in [2.45, 2.75) is 51.9 Å². The van der Waals surface area contributed by atoms with Crippen molar-refractivity contribution in [3.8, 4) is 0 Å². The van der Waals surface area contributed by atoms with Crippen LogP contribution in [0.2, 0.25) is 0 Å². The van der Waals surface area contributed by atoms with Crippen LogP contribution in [0.25, 0.3) is 0 Å². The molecular formula is C14H28N2O3. The molecule has 1 atom stereocenters. The van der Waals surface area contributed by atoms with Crippen LogP contribution >= 0.6 is 0 Å². The van der Waals surface area contributed by atoms with Crippen LogP contribution in [0.3, 0.4) is 0 Å². The number of hydrogen-bond acceptors (Lipinski definition) is 5. The number of nitrogens with one attached hydrogen (secondary N) is 1. The minimum absolute atomic E-state index is 0.200. The normalized spacial score (nSPS) is 23.9. The Bertz CT molecular complexity index is 300. The van der Waals surface area contributed by atoms with E-state index >= 15 is 0 Å². The lowest BCUT2D eigenvalue weighted by Gasteiger charge is -2.47. The van der Waals surface area contributed by atoms with Gasteiger partial charge in [0.15, 0.2) is 0 Å². The van der Waals surface area contributed by atoms with Crippen molar-refractivity contribution in [2.24, 2.45) is 0 Å². The van der Waals surface area contributed by atoms with Gasteiger partial charge >= 0.3 is 5.97 Å². The van der Waals surface area contributed by atoms with Gasteiger partial charge in [0, 0.05) is 19.6 Å². The number of morpholine rings is 1. The number of rotatable bonds is 5. The number of hydrogen-bond donors (Lipinski definition) is 1. The van der Waals surface area contributed by atoms with Crippen molar-refractivity contribution >= 4 is 5.97 Å². The van der Waals surface area contributed by atoms with Crippen molar-refractivity contribution in [3.63, 3.8) is 0 Å². The van der Waals surface area contributed by atoms with Crippen LogP contribution in [0.4, 0.5) is 0 Å². The van der Waals surface area contributed by atoms with E-state index < -0.39 is 0 Å². The van der Waals surface area contributed by atoms with Gasteiger partial charge in [-0.15, -0.1) is 0 Å². The Kier molecular flexibility index (Phi) is 5.35. The molecule has 0 spiro atoms. The Morgan fingerprint density at radius 3 is 2.26 bits per heavy atom. The fourth-order valence-electron chi connectivity index (χ4n) is 2.94. The molecule has 1 aliphatic rings. The van der Waals surface area contributed by atoms with Crippen molar-refractivity contribution < 1.29 is 14.3 Å². The number of nitrogens with zero attached hydrogens (tertiary/aromatic N) is 1. The Labute approximate surface area is 116 Å². The number of carbonyl (C=O) groups is 1.